The van der Waals surface area contributed by atoms with Gasteiger partial charge in [-0.25, -0.2) is 4.98 Å². The molecule has 5 nitrogen and oxygen atoms in total. The van der Waals surface area contributed by atoms with Crippen molar-refractivity contribution in [3.05, 3.63) is 60.2 Å². The van der Waals surface area contributed by atoms with Crippen LogP contribution >= 0.6 is 11.8 Å². The summed E-state index contributed by atoms with van der Waals surface area (Å²) in [5, 5.41) is 4.86. The van der Waals surface area contributed by atoms with E-state index in [2.05, 4.69) is 17.1 Å². The van der Waals surface area contributed by atoms with E-state index in [9.17, 15) is 4.79 Å². The van der Waals surface area contributed by atoms with E-state index in [1.165, 1.54) is 32.2 Å². The molecule has 34 heavy (non-hydrogen) atoms. The molecule has 0 saturated carbocycles. The van der Waals surface area contributed by atoms with Gasteiger partial charge in [-0.15, -0.1) is 0 Å². The molecule has 2 aromatic carbocycles. The molecule has 0 bridgehead atoms. The van der Waals surface area contributed by atoms with Gasteiger partial charge in [-0.3, -0.25) is 4.79 Å². The van der Waals surface area contributed by atoms with Crippen LogP contribution in [0.5, 0.6) is 5.75 Å². The molecule has 1 saturated heterocycles. The second-order valence-corrected chi connectivity index (χ2v) is 9.83. The number of pyridine rings is 1. The van der Waals surface area contributed by atoms with Gasteiger partial charge in [0.25, 0.3) is 5.91 Å². The van der Waals surface area contributed by atoms with Crippen molar-refractivity contribution in [3.8, 4) is 5.75 Å². The highest BCUT2D eigenvalue weighted by atomic mass is 32.2. The van der Waals surface area contributed by atoms with Crippen LogP contribution < -0.4 is 10.1 Å². The van der Waals surface area contributed by atoms with E-state index < -0.39 is 0 Å². The number of nitrogens with one attached hydrogen (secondary N) is 1. The second-order valence-electron chi connectivity index (χ2n) is 8.73. The Morgan fingerprint density at radius 3 is 2.76 bits per heavy atom. The maximum atomic E-state index is 13.2. The predicted octanol–water partition coefficient (Wildman–Crippen LogP) is 6.17. The van der Waals surface area contributed by atoms with E-state index in [4.69, 9.17) is 9.72 Å². The monoisotopic (exact) mass is 477 g/mol. The largest absolute Gasteiger partial charge is 0.494 e. The first-order valence-electron chi connectivity index (χ1n) is 12.5. The Kier molecular flexibility index (Phi) is 8.83. The summed E-state index contributed by atoms with van der Waals surface area (Å²) >= 11 is 1.56. The summed E-state index contributed by atoms with van der Waals surface area (Å²) in [6, 6.07) is 18.5. The molecule has 4 rings (SSSR count). The van der Waals surface area contributed by atoms with E-state index in [-0.39, 0.29) is 5.91 Å². The van der Waals surface area contributed by atoms with Gasteiger partial charge in [-0.1, -0.05) is 43.3 Å². The Morgan fingerprint density at radius 1 is 1.15 bits per heavy atom. The SMILES string of the molecule is CCOc1ccc(Sc2cc(C(=O)NCCCN3CCCCC3CC)c3ccccc3n2)cc1. The van der Waals surface area contributed by atoms with Gasteiger partial charge in [0.15, 0.2) is 0 Å². The molecule has 1 aliphatic rings. The maximum absolute atomic E-state index is 13.2. The van der Waals surface area contributed by atoms with Gasteiger partial charge in [0, 0.05) is 29.4 Å². The van der Waals surface area contributed by atoms with Crippen LogP contribution in [0.3, 0.4) is 0 Å². The third-order valence-corrected chi connectivity index (χ3v) is 7.35. The number of hydrogen-bond donors (Lipinski definition) is 1. The summed E-state index contributed by atoms with van der Waals surface area (Å²) in [6.07, 6.45) is 6.13. The van der Waals surface area contributed by atoms with Crippen LogP contribution in [0.2, 0.25) is 0 Å². The van der Waals surface area contributed by atoms with Crippen LogP contribution in [0.4, 0.5) is 0 Å². The quantitative estimate of drug-likeness (QED) is 0.354. The zero-order chi connectivity index (χ0) is 23.8. The molecule has 1 amide bonds. The van der Waals surface area contributed by atoms with Gasteiger partial charge >= 0.3 is 0 Å². The number of piperidine rings is 1. The number of benzene rings is 2. The normalized spacial score (nSPS) is 16.5. The minimum absolute atomic E-state index is 0.0298. The molecule has 2 heterocycles. The molecule has 180 valence electrons. The fraction of sp³-hybridized carbons (Fsp3) is 0.429. The average molecular weight is 478 g/mol. The van der Waals surface area contributed by atoms with E-state index in [1.807, 2.05) is 61.5 Å². The van der Waals surface area contributed by atoms with Crippen molar-refractivity contribution >= 4 is 28.6 Å². The molecule has 0 radical (unpaired) electrons. The minimum Gasteiger partial charge on any atom is -0.494 e. The number of fused-ring (bicyclic) bond motifs is 1. The lowest BCUT2D eigenvalue weighted by atomic mass is 10.00. The first-order valence-corrected chi connectivity index (χ1v) is 13.3. The van der Waals surface area contributed by atoms with Crippen LogP contribution in [0.15, 0.2) is 64.5 Å². The first kappa shape index (κ1) is 24.6. The highest BCUT2D eigenvalue weighted by Gasteiger charge is 2.20. The predicted molar refractivity (Wildman–Crippen MR) is 140 cm³/mol. The lowest BCUT2D eigenvalue weighted by Gasteiger charge is -2.35. The number of amides is 1. The third kappa shape index (κ3) is 6.30. The molecule has 1 unspecified atom stereocenters. The third-order valence-electron chi connectivity index (χ3n) is 6.42. The standard InChI is InChI=1S/C28H35N3O2S/c1-3-21-10-7-8-18-31(21)19-9-17-29-28(32)25-20-27(30-26-12-6-5-11-24(25)26)34-23-15-13-22(14-16-23)33-4-2/h5-6,11-16,20-21H,3-4,7-10,17-19H2,1-2H3,(H,29,32). The highest BCUT2D eigenvalue weighted by Crippen LogP contribution is 2.31. The molecule has 1 fully saturated rings. The van der Waals surface area contributed by atoms with Crippen molar-refractivity contribution in [2.45, 2.75) is 61.9 Å². The fourth-order valence-corrected chi connectivity index (χ4v) is 5.51. The smallest absolute Gasteiger partial charge is 0.252 e. The van der Waals surface area contributed by atoms with Crippen molar-refractivity contribution < 1.29 is 9.53 Å². The van der Waals surface area contributed by atoms with Gasteiger partial charge in [-0.2, -0.15) is 0 Å². The number of para-hydroxylation sites is 1. The molecule has 1 aromatic heterocycles. The Morgan fingerprint density at radius 2 is 1.97 bits per heavy atom. The Hall–Kier alpha value is -2.57. The molecule has 0 aliphatic carbocycles. The molecule has 1 N–H and O–H groups in total. The lowest BCUT2D eigenvalue weighted by molar-refractivity contribution is 0.0948. The zero-order valence-corrected chi connectivity index (χ0v) is 21.1. The van der Waals surface area contributed by atoms with E-state index in [0.717, 1.165) is 39.5 Å². The first-order chi connectivity index (χ1) is 16.7. The molecule has 1 aliphatic heterocycles. The number of nitrogens with zero attached hydrogens (tertiary/aromatic N) is 2. The number of rotatable bonds is 10. The van der Waals surface area contributed by atoms with Gasteiger partial charge in [0.1, 0.15) is 10.8 Å². The van der Waals surface area contributed by atoms with Crippen LogP contribution in [-0.2, 0) is 0 Å². The van der Waals surface area contributed by atoms with Crippen LogP contribution in [0.25, 0.3) is 10.9 Å². The number of ether oxygens (including phenoxy) is 1. The van der Waals surface area contributed by atoms with Crippen molar-refractivity contribution in [1.29, 1.82) is 0 Å². The number of likely N-dealkylation sites (tertiary alicyclic amines) is 1. The van der Waals surface area contributed by atoms with Gasteiger partial charge < -0.3 is 15.0 Å². The summed E-state index contributed by atoms with van der Waals surface area (Å²) in [7, 11) is 0. The number of carbonyl (C=O) groups excluding carboxylic acids is 1. The van der Waals surface area contributed by atoms with Crippen LogP contribution in [0.1, 0.15) is 56.3 Å². The highest BCUT2D eigenvalue weighted by molar-refractivity contribution is 7.99. The molecular weight excluding hydrogens is 442 g/mol. The summed E-state index contributed by atoms with van der Waals surface area (Å²) in [6.45, 7) is 7.83. The van der Waals surface area contributed by atoms with Gasteiger partial charge in [0.05, 0.1) is 17.7 Å². The Bertz CT molecular complexity index is 1090. The average Bonchev–Trinajstić information content (AvgIpc) is 2.87. The number of hydrogen-bond acceptors (Lipinski definition) is 5. The fourth-order valence-electron chi connectivity index (χ4n) is 4.68. The summed E-state index contributed by atoms with van der Waals surface area (Å²) in [5.41, 5.74) is 1.52. The summed E-state index contributed by atoms with van der Waals surface area (Å²) in [5.74, 6) is 0.825. The topological polar surface area (TPSA) is 54.5 Å². The van der Waals surface area contributed by atoms with Crippen LogP contribution in [0, 0.1) is 0 Å². The van der Waals surface area contributed by atoms with Gasteiger partial charge in [0.2, 0.25) is 0 Å². The van der Waals surface area contributed by atoms with E-state index in [0.29, 0.717) is 24.8 Å². The minimum atomic E-state index is -0.0298. The molecule has 6 heteroatoms. The molecule has 3 aromatic rings. The van der Waals surface area contributed by atoms with E-state index in [1.54, 1.807) is 11.8 Å². The number of carbonyl (C=O) groups is 1. The van der Waals surface area contributed by atoms with Gasteiger partial charge in [-0.05, 0) is 75.5 Å². The van der Waals surface area contributed by atoms with Crippen molar-refractivity contribution in [2.75, 3.05) is 26.2 Å². The van der Waals surface area contributed by atoms with E-state index >= 15 is 0 Å². The maximum Gasteiger partial charge on any atom is 0.252 e. The lowest BCUT2D eigenvalue weighted by Crippen LogP contribution is -2.40. The van der Waals surface area contributed by atoms with Crippen molar-refractivity contribution in [3.63, 3.8) is 0 Å². The molecule has 0 spiro atoms. The zero-order valence-electron chi connectivity index (χ0n) is 20.3. The van der Waals surface area contributed by atoms with Crippen molar-refractivity contribution in [1.82, 2.24) is 15.2 Å². The number of aromatic nitrogens is 1. The molecular formula is C28H35N3O2S. The van der Waals surface area contributed by atoms with Crippen molar-refractivity contribution in [2.24, 2.45) is 0 Å². The Labute approximate surface area is 207 Å². The second kappa shape index (κ2) is 12.2. The Balaban J connectivity index is 1.42. The summed E-state index contributed by atoms with van der Waals surface area (Å²) in [4.78, 5) is 21.6. The summed E-state index contributed by atoms with van der Waals surface area (Å²) < 4.78 is 5.54. The molecule has 1 atom stereocenters. The van der Waals surface area contributed by atoms with Crippen LogP contribution in [-0.4, -0.2) is 48.1 Å².